The summed E-state index contributed by atoms with van der Waals surface area (Å²) in [5, 5.41) is 0. The molecule has 0 fully saturated rings. The van der Waals surface area contributed by atoms with Gasteiger partial charge in [0.25, 0.3) is 0 Å². The van der Waals surface area contributed by atoms with Gasteiger partial charge in [-0.2, -0.15) is 0 Å². The average molecular weight is 220 g/mol. The molecule has 0 spiro atoms. The first-order chi connectivity index (χ1) is 6.35. The summed E-state index contributed by atoms with van der Waals surface area (Å²) >= 11 is 0. The minimum absolute atomic E-state index is 0.159. The van der Waals surface area contributed by atoms with Gasteiger partial charge in [0.1, 0.15) is 11.9 Å². The zero-order chi connectivity index (χ0) is 11.2. The smallest absolute Gasteiger partial charge is 0.324 e. The van der Waals surface area contributed by atoms with Crippen molar-refractivity contribution in [1.29, 1.82) is 0 Å². The first-order valence-corrected chi connectivity index (χ1v) is 6.32. The first-order valence-electron chi connectivity index (χ1n) is 4.52. The van der Waals surface area contributed by atoms with Gasteiger partial charge in [0, 0.05) is 6.42 Å². The van der Waals surface area contributed by atoms with Crippen LogP contribution in [-0.2, 0) is 9.36 Å². The molecule has 82 valence electrons. The van der Waals surface area contributed by atoms with E-state index >= 15 is 0 Å². The van der Waals surface area contributed by atoms with Crippen molar-refractivity contribution in [3.63, 3.8) is 0 Å². The minimum Gasteiger partial charge on any atom is -0.324 e. The number of hydrogen-bond donors (Lipinski definition) is 2. The zero-order valence-corrected chi connectivity index (χ0v) is 9.24. The van der Waals surface area contributed by atoms with Gasteiger partial charge in [0.2, 0.25) is 0 Å². The van der Waals surface area contributed by atoms with Crippen LogP contribution in [0.3, 0.4) is 0 Å². The van der Waals surface area contributed by atoms with Gasteiger partial charge in [-0.1, -0.05) is 13.0 Å². The van der Waals surface area contributed by atoms with Gasteiger partial charge in [-0.3, -0.25) is 9.36 Å². The van der Waals surface area contributed by atoms with E-state index in [4.69, 9.17) is 9.79 Å². The molecule has 0 amide bonds. The summed E-state index contributed by atoms with van der Waals surface area (Å²) in [5.41, 5.74) is 0. The van der Waals surface area contributed by atoms with Gasteiger partial charge < -0.3 is 9.79 Å². The van der Waals surface area contributed by atoms with Crippen molar-refractivity contribution >= 4 is 13.4 Å². The van der Waals surface area contributed by atoms with Crippen molar-refractivity contribution < 1.29 is 19.1 Å². The molecule has 0 saturated carbocycles. The van der Waals surface area contributed by atoms with Crippen LogP contribution in [0, 0.1) is 5.92 Å². The lowest BCUT2D eigenvalue weighted by atomic mass is 10.00. The minimum atomic E-state index is -4.17. The molecule has 0 aliphatic heterocycles. The van der Waals surface area contributed by atoms with Crippen molar-refractivity contribution in [2.45, 2.75) is 26.2 Å². The molecule has 4 nitrogen and oxygen atoms in total. The van der Waals surface area contributed by atoms with E-state index in [0.29, 0.717) is 0 Å². The summed E-state index contributed by atoms with van der Waals surface area (Å²) in [6.45, 7) is 5.45. The number of allylic oxidation sites excluding steroid dienone is 1. The molecule has 0 bridgehead atoms. The van der Waals surface area contributed by atoms with Gasteiger partial charge in [-0.15, -0.1) is 6.58 Å². The molecule has 14 heavy (non-hydrogen) atoms. The number of ketones is 1. The molecule has 0 aliphatic rings. The average Bonchev–Trinajstić information content (AvgIpc) is 1.96. The number of carbonyl (C=O) groups excluding carboxylic acids is 1. The normalized spacial score (nSPS) is 13.6. The molecule has 1 atom stereocenters. The number of carbonyl (C=O) groups is 1. The number of hydrogen-bond acceptors (Lipinski definition) is 2. The first kappa shape index (κ1) is 13.6. The molecule has 1 unspecified atom stereocenters. The van der Waals surface area contributed by atoms with Crippen LogP contribution >= 0.6 is 7.60 Å². The Morgan fingerprint density at radius 1 is 1.57 bits per heavy atom. The molecule has 5 heteroatoms. The van der Waals surface area contributed by atoms with E-state index in [1.54, 1.807) is 6.08 Å². The molecule has 0 radical (unpaired) electrons. The molecule has 0 aliphatic carbocycles. The van der Waals surface area contributed by atoms with Crippen LogP contribution in [0.25, 0.3) is 0 Å². The molecule has 0 aromatic heterocycles. The highest BCUT2D eigenvalue weighted by atomic mass is 31.2. The Morgan fingerprint density at radius 3 is 2.57 bits per heavy atom. The van der Waals surface area contributed by atoms with E-state index in [0.717, 1.165) is 12.8 Å². The Balaban J connectivity index is 3.82. The lowest BCUT2D eigenvalue weighted by Gasteiger charge is -2.09. The Morgan fingerprint density at radius 2 is 2.14 bits per heavy atom. The van der Waals surface area contributed by atoms with Crippen LogP contribution < -0.4 is 0 Å². The zero-order valence-electron chi connectivity index (χ0n) is 8.35. The number of rotatable bonds is 7. The molecular weight excluding hydrogens is 203 g/mol. The second kappa shape index (κ2) is 6.12. The third-order valence-corrected chi connectivity index (χ3v) is 2.59. The van der Waals surface area contributed by atoms with Crippen LogP contribution in [0.2, 0.25) is 0 Å². The predicted octanol–water partition coefficient (Wildman–Crippen LogP) is 1.73. The lowest BCUT2D eigenvalue weighted by Crippen LogP contribution is -2.10. The highest BCUT2D eigenvalue weighted by molar-refractivity contribution is 7.52. The van der Waals surface area contributed by atoms with E-state index in [1.807, 2.05) is 6.92 Å². The highest BCUT2D eigenvalue weighted by Crippen LogP contribution is 2.34. The maximum atomic E-state index is 11.1. The van der Waals surface area contributed by atoms with Gasteiger partial charge in [-0.05, 0) is 18.8 Å². The largest absolute Gasteiger partial charge is 0.332 e. The standard InChI is InChI=1S/C9H17O4P/c1-3-4-5-8(2)6-9(10)7-14(11,12)13/h3,8H,1,4-7H2,2H3,(H2,11,12,13). The van der Waals surface area contributed by atoms with E-state index in [1.165, 1.54) is 0 Å². The van der Waals surface area contributed by atoms with E-state index in [2.05, 4.69) is 6.58 Å². The van der Waals surface area contributed by atoms with E-state index < -0.39 is 13.8 Å². The van der Waals surface area contributed by atoms with Gasteiger partial charge in [0.15, 0.2) is 0 Å². The van der Waals surface area contributed by atoms with Crippen molar-refractivity contribution in [2.24, 2.45) is 5.92 Å². The summed E-state index contributed by atoms with van der Waals surface area (Å²) in [6.07, 6.45) is 3.02. The number of Topliss-reactive ketones (excluding diaryl/α,β-unsaturated/α-hetero) is 1. The maximum absolute atomic E-state index is 11.1. The van der Waals surface area contributed by atoms with Crippen LogP contribution in [0.5, 0.6) is 0 Å². The van der Waals surface area contributed by atoms with Crippen LogP contribution in [-0.4, -0.2) is 21.7 Å². The summed E-state index contributed by atoms with van der Waals surface area (Å²) in [7, 11) is -4.17. The third kappa shape index (κ3) is 8.17. The lowest BCUT2D eigenvalue weighted by molar-refractivity contribution is -0.117. The fourth-order valence-electron chi connectivity index (χ4n) is 1.19. The SMILES string of the molecule is C=CCCC(C)CC(=O)CP(=O)(O)O. The monoisotopic (exact) mass is 220 g/mol. The molecule has 0 saturated heterocycles. The van der Waals surface area contributed by atoms with Gasteiger partial charge in [0.05, 0.1) is 0 Å². The predicted molar refractivity (Wildman–Crippen MR) is 55.1 cm³/mol. The fourth-order valence-corrected chi connectivity index (χ4v) is 1.78. The third-order valence-electron chi connectivity index (χ3n) is 1.82. The van der Waals surface area contributed by atoms with Crippen LogP contribution in [0.4, 0.5) is 0 Å². The Hall–Kier alpha value is -0.440. The molecule has 0 aromatic carbocycles. The summed E-state index contributed by atoms with van der Waals surface area (Å²) < 4.78 is 10.5. The maximum Gasteiger partial charge on any atom is 0.332 e. The van der Waals surface area contributed by atoms with Crippen molar-refractivity contribution in [3.8, 4) is 0 Å². The van der Waals surface area contributed by atoms with Crippen molar-refractivity contribution in [3.05, 3.63) is 12.7 Å². The summed E-state index contributed by atoms with van der Waals surface area (Å²) in [5.74, 6) is -0.207. The molecular formula is C9H17O4P. The summed E-state index contributed by atoms with van der Waals surface area (Å²) in [6, 6.07) is 0. The molecule has 0 rings (SSSR count). The Bertz CT molecular complexity index is 243. The molecule has 2 N–H and O–H groups in total. The Kier molecular flexibility index (Phi) is 5.93. The summed E-state index contributed by atoms with van der Waals surface area (Å²) in [4.78, 5) is 28.2. The van der Waals surface area contributed by atoms with Crippen LogP contribution in [0.1, 0.15) is 26.2 Å². The highest BCUT2D eigenvalue weighted by Gasteiger charge is 2.20. The quantitative estimate of drug-likeness (QED) is 0.506. The molecule has 0 heterocycles. The van der Waals surface area contributed by atoms with Gasteiger partial charge >= 0.3 is 7.60 Å². The second-order valence-electron chi connectivity index (χ2n) is 3.54. The van der Waals surface area contributed by atoms with Crippen molar-refractivity contribution in [1.82, 2.24) is 0 Å². The van der Waals surface area contributed by atoms with Gasteiger partial charge in [-0.25, -0.2) is 0 Å². The van der Waals surface area contributed by atoms with Crippen molar-refractivity contribution in [2.75, 3.05) is 6.16 Å². The molecule has 0 aromatic rings. The Labute approximate surface area is 84.2 Å². The fraction of sp³-hybridized carbons (Fsp3) is 0.667. The topological polar surface area (TPSA) is 74.6 Å². The van der Waals surface area contributed by atoms with Crippen LogP contribution in [0.15, 0.2) is 12.7 Å². The van der Waals surface area contributed by atoms with E-state index in [9.17, 15) is 9.36 Å². The second-order valence-corrected chi connectivity index (χ2v) is 5.18. The van der Waals surface area contributed by atoms with E-state index in [-0.39, 0.29) is 18.1 Å².